The Morgan fingerprint density at radius 2 is 1.88 bits per heavy atom. The van der Waals surface area contributed by atoms with Crippen molar-refractivity contribution < 1.29 is 9.59 Å². The number of aromatic amines is 1. The second-order valence-corrected chi connectivity index (χ2v) is 5.80. The number of hydrogen-bond acceptors (Lipinski definition) is 3. The van der Waals surface area contributed by atoms with Crippen LogP contribution in [0.25, 0.3) is 10.9 Å². The van der Waals surface area contributed by atoms with Gasteiger partial charge in [-0.3, -0.25) is 20.4 Å². The fourth-order valence-corrected chi connectivity index (χ4v) is 2.60. The van der Waals surface area contributed by atoms with Gasteiger partial charge in [0, 0.05) is 17.1 Å². The molecule has 8 heteroatoms. The third-order valence-electron chi connectivity index (χ3n) is 3.37. The molecule has 122 valence electrons. The Hall–Kier alpha value is -2.57. The van der Waals surface area contributed by atoms with Crippen molar-refractivity contribution in [2.75, 3.05) is 0 Å². The molecule has 2 heterocycles. The van der Waals surface area contributed by atoms with E-state index in [9.17, 15) is 9.59 Å². The first-order valence-electron chi connectivity index (χ1n) is 7.01. The Balaban J connectivity index is 1.63. The summed E-state index contributed by atoms with van der Waals surface area (Å²) in [4.78, 5) is 30.9. The topological polar surface area (TPSA) is 86.9 Å². The number of pyridine rings is 1. The molecule has 3 rings (SSSR count). The number of nitrogens with one attached hydrogen (secondary N) is 3. The van der Waals surface area contributed by atoms with Crippen LogP contribution in [0.3, 0.4) is 0 Å². The van der Waals surface area contributed by atoms with E-state index in [1.165, 1.54) is 12.1 Å². The van der Waals surface area contributed by atoms with Gasteiger partial charge in [-0.05, 0) is 23.8 Å². The lowest BCUT2D eigenvalue weighted by Gasteiger charge is -2.08. The minimum Gasteiger partial charge on any atom is -0.361 e. The number of hydrazine groups is 1. The Labute approximate surface area is 147 Å². The summed E-state index contributed by atoms with van der Waals surface area (Å²) in [6.45, 7) is 0. The smallest absolute Gasteiger partial charge is 0.289 e. The number of benzene rings is 1. The molecule has 0 unspecified atom stereocenters. The predicted molar refractivity (Wildman–Crippen MR) is 91.9 cm³/mol. The van der Waals surface area contributed by atoms with Gasteiger partial charge in [0.15, 0.2) is 0 Å². The van der Waals surface area contributed by atoms with E-state index in [4.69, 9.17) is 23.2 Å². The fraction of sp³-hybridized carbons (Fsp3) is 0.0625. The van der Waals surface area contributed by atoms with Crippen LogP contribution in [0.5, 0.6) is 0 Å². The Bertz CT molecular complexity index is 923. The zero-order valence-corrected chi connectivity index (χ0v) is 13.8. The highest BCUT2D eigenvalue weighted by molar-refractivity contribution is 6.34. The van der Waals surface area contributed by atoms with Crippen molar-refractivity contribution in [3.05, 3.63) is 64.0 Å². The van der Waals surface area contributed by atoms with Crippen LogP contribution >= 0.6 is 23.2 Å². The first-order chi connectivity index (χ1) is 11.5. The molecule has 3 aromatic rings. The highest BCUT2D eigenvalue weighted by Gasteiger charge is 2.14. The average molecular weight is 363 g/mol. The number of amides is 2. The molecule has 0 atom stereocenters. The fourth-order valence-electron chi connectivity index (χ4n) is 2.26. The van der Waals surface area contributed by atoms with Gasteiger partial charge < -0.3 is 4.98 Å². The molecular weight excluding hydrogens is 351 g/mol. The molecule has 0 saturated carbocycles. The van der Waals surface area contributed by atoms with Crippen molar-refractivity contribution in [1.82, 2.24) is 20.8 Å². The van der Waals surface area contributed by atoms with Gasteiger partial charge in [0.1, 0.15) is 10.8 Å². The van der Waals surface area contributed by atoms with Gasteiger partial charge in [0.25, 0.3) is 5.91 Å². The highest BCUT2D eigenvalue weighted by atomic mass is 35.5. The van der Waals surface area contributed by atoms with Crippen molar-refractivity contribution in [3.63, 3.8) is 0 Å². The largest absolute Gasteiger partial charge is 0.361 e. The number of rotatable bonds is 3. The van der Waals surface area contributed by atoms with E-state index in [-0.39, 0.29) is 28.2 Å². The van der Waals surface area contributed by atoms with Gasteiger partial charge in [-0.1, -0.05) is 41.4 Å². The van der Waals surface area contributed by atoms with Crippen LogP contribution < -0.4 is 10.9 Å². The zero-order chi connectivity index (χ0) is 17.1. The molecule has 0 bridgehead atoms. The van der Waals surface area contributed by atoms with Crippen LogP contribution in [0.2, 0.25) is 10.2 Å². The molecule has 6 nitrogen and oxygen atoms in total. The third kappa shape index (κ3) is 3.50. The third-order valence-corrected chi connectivity index (χ3v) is 3.88. The average Bonchev–Trinajstić information content (AvgIpc) is 2.98. The molecule has 2 aromatic heterocycles. The first kappa shape index (κ1) is 16.3. The lowest BCUT2D eigenvalue weighted by molar-refractivity contribution is -0.121. The van der Waals surface area contributed by atoms with Crippen LogP contribution in [0.4, 0.5) is 0 Å². The van der Waals surface area contributed by atoms with Gasteiger partial charge in [0.05, 0.1) is 11.4 Å². The van der Waals surface area contributed by atoms with Crippen molar-refractivity contribution in [2.24, 2.45) is 0 Å². The second-order valence-electron chi connectivity index (χ2n) is 5.00. The van der Waals surface area contributed by atoms with Gasteiger partial charge >= 0.3 is 0 Å². The molecule has 2 amide bonds. The Morgan fingerprint density at radius 3 is 2.71 bits per heavy atom. The maximum absolute atomic E-state index is 12.0. The minimum atomic E-state index is -0.644. The molecule has 0 spiro atoms. The van der Waals surface area contributed by atoms with Crippen LogP contribution in [0.15, 0.2) is 42.6 Å². The molecule has 0 radical (unpaired) electrons. The number of carbonyl (C=O) groups is 2. The maximum Gasteiger partial charge on any atom is 0.289 e. The van der Waals surface area contributed by atoms with Crippen LogP contribution in [0, 0.1) is 0 Å². The summed E-state index contributed by atoms with van der Waals surface area (Å²) in [5, 5.41) is 1.23. The zero-order valence-electron chi connectivity index (χ0n) is 12.3. The van der Waals surface area contributed by atoms with E-state index in [0.29, 0.717) is 0 Å². The Kier molecular flexibility index (Phi) is 4.69. The molecule has 1 aromatic carbocycles. The number of carbonyl (C=O) groups excluding carboxylic acids is 2. The summed E-state index contributed by atoms with van der Waals surface area (Å²) in [6, 6.07) is 10.6. The lowest BCUT2D eigenvalue weighted by atomic mass is 10.1. The number of para-hydroxylation sites is 1. The van der Waals surface area contributed by atoms with Crippen molar-refractivity contribution in [1.29, 1.82) is 0 Å². The maximum atomic E-state index is 12.0. The normalized spacial score (nSPS) is 10.6. The number of H-pyrrole nitrogens is 1. The molecule has 0 fully saturated rings. The molecular formula is C16H12Cl2N4O2. The highest BCUT2D eigenvalue weighted by Crippen LogP contribution is 2.18. The second kappa shape index (κ2) is 6.90. The van der Waals surface area contributed by atoms with E-state index in [1.54, 1.807) is 6.20 Å². The van der Waals surface area contributed by atoms with E-state index >= 15 is 0 Å². The molecule has 0 aliphatic heterocycles. The summed E-state index contributed by atoms with van der Waals surface area (Å²) in [5.74, 6) is -1.01. The van der Waals surface area contributed by atoms with Crippen LogP contribution in [0.1, 0.15) is 16.1 Å². The van der Waals surface area contributed by atoms with Gasteiger partial charge in [-0.2, -0.15) is 0 Å². The van der Waals surface area contributed by atoms with Crippen molar-refractivity contribution in [2.45, 2.75) is 6.42 Å². The summed E-state index contributed by atoms with van der Waals surface area (Å²) in [7, 11) is 0. The van der Waals surface area contributed by atoms with Gasteiger partial charge in [-0.25, -0.2) is 4.98 Å². The first-order valence-corrected chi connectivity index (χ1v) is 7.76. The number of halogens is 2. The van der Waals surface area contributed by atoms with Crippen molar-refractivity contribution >= 4 is 45.9 Å². The number of hydrogen-bond donors (Lipinski definition) is 3. The summed E-state index contributed by atoms with van der Waals surface area (Å²) in [5.41, 5.74) is 6.32. The van der Waals surface area contributed by atoms with Crippen molar-refractivity contribution in [3.8, 4) is 0 Å². The quantitative estimate of drug-likeness (QED) is 0.494. The number of nitrogens with zero attached hydrogens (tertiary/aromatic N) is 1. The molecule has 24 heavy (non-hydrogen) atoms. The predicted octanol–water partition coefficient (Wildman–Crippen LogP) is 2.87. The van der Waals surface area contributed by atoms with E-state index in [1.807, 2.05) is 24.3 Å². The van der Waals surface area contributed by atoms with E-state index < -0.39 is 5.91 Å². The van der Waals surface area contributed by atoms with Crippen LogP contribution in [-0.4, -0.2) is 21.8 Å². The van der Waals surface area contributed by atoms with E-state index in [0.717, 1.165) is 16.5 Å². The SMILES string of the molecule is O=C(Cc1c[nH]c2ccccc12)NNC(=O)c1nc(Cl)ccc1Cl. The molecule has 0 saturated heterocycles. The number of fused-ring (bicyclic) bond motifs is 1. The number of aromatic nitrogens is 2. The minimum absolute atomic E-state index is 0.0587. The Morgan fingerprint density at radius 1 is 1.08 bits per heavy atom. The monoisotopic (exact) mass is 362 g/mol. The van der Waals surface area contributed by atoms with Gasteiger partial charge in [0.2, 0.25) is 5.91 Å². The van der Waals surface area contributed by atoms with Gasteiger partial charge in [-0.15, -0.1) is 0 Å². The molecule has 3 N–H and O–H groups in total. The van der Waals surface area contributed by atoms with E-state index in [2.05, 4.69) is 20.8 Å². The molecule has 0 aliphatic rings. The summed E-state index contributed by atoms with van der Waals surface area (Å²) < 4.78 is 0. The summed E-state index contributed by atoms with van der Waals surface area (Å²) in [6.07, 6.45) is 1.88. The molecule has 0 aliphatic carbocycles. The lowest BCUT2D eigenvalue weighted by Crippen LogP contribution is -2.42. The summed E-state index contributed by atoms with van der Waals surface area (Å²) >= 11 is 11.6. The van der Waals surface area contributed by atoms with Crippen LogP contribution in [-0.2, 0) is 11.2 Å². The standard InChI is InChI=1S/C16H12Cl2N4O2/c17-11-5-6-13(18)20-15(11)16(24)22-21-14(23)7-9-8-19-12-4-2-1-3-10(9)12/h1-6,8,19H,7H2,(H,21,23)(H,22,24).